The van der Waals surface area contributed by atoms with E-state index in [4.69, 9.17) is 5.73 Å². The van der Waals surface area contributed by atoms with Gasteiger partial charge in [0.15, 0.2) is 9.84 Å². The van der Waals surface area contributed by atoms with Crippen molar-refractivity contribution in [1.29, 1.82) is 0 Å². The average molecular weight is 276 g/mol. The van der Waals surface area contributed by atoms with Gasteiger partial charge in [-0.15, -0.1) is 11.3 Å². The first-order valence-corrected chi connectivity index (χ1v) is 8.21. The van der Waals surface area contributed by atoms with Crippen molar-refractivity contribution in [2.24, 2.45) is 5.73 Å². The molecule has 17 heavy (non-hydrogen) atoms. The third kappa shape index (κ3) is 4.73. The Morgan fingerprint density at radius 1 is 1.47 bits per heavy atom. The van der Waals surface area contributed by atoms with E-state index in [1.807, 2.05) is 5.38 Å². The van der Waals surface area contributed by atoms with E-state index in [-0.39, 0.29) is 23.0 Å². The van der Waals surface area contributed by atoms with Crippen LogP contribution in [0, 0.1) is 0 Å². The topological polar surface area (TPSA) is 73.1 Å². The number of hydrogen-bond acceptors (Lipinski definition) is 5. The molecular weight excluding hydrogens is 256 g/mol. The molecule has 0 bridgehead atoms. The predicted molar refractivity (Wildman–Crippen MR) is 72.0 cm³/mol. The Bertz CT molecular complexity index is 470. The van der Waals surface area contributed by atoms with E-state index in [1.165, 1.54) is 11.3 Å². The second-order valence-electron chi connectivity index (χ2n) is 5.41. The molecule has 0 aliphatic carbocycles. The summed E-state index contributed by atoms with van der Waals surface area (Å²) in [7, 11) is -3.14. The van der Waals surface area contributed by atoms with Gasteiger partial charge in [-0.05, 0) is 6.92 Å². The van der Waals surface area contributed by atoms with Gasteiger partial charge in [-0.2, -0.15) is 0 Å². The van der Waals surface area contributed by atoms with E-state index < -0.39 is 9.84 Å². The number of nitrogens with zero attached hydrogens (tertiary/aromatic N) is 1. The van der Waals surface area contributed by atoms with Crippen LogP contribution in [-0.2, 0) is 21.0 Å². The molecule has 0 radical (unpaired) electrons. The van der Waals surface area contributed by atoms with E-state index in [1.54, 1.807) is 6.92 Å². The van der Waals surface area contributed by atoms with Crippen molar-refractivity contribution in [3.63, 3.8) is 0 Å². The molecule has 6 heteroatoms. The first-order chi connectivity index (χ1) is 7.60. The Morgan fingerprint density at radius 3 is 2.47 bits per heavy atom. The zero-order valence-corrected chi connectivity index (χ0v) is 12.4. The summed E-state index contributed by atoms with van der Waals surface area (Å²) in [6.07, 6.45) is 0. The van der Waals surface area contributed by atoms with Crippen LogP contribution in [0.3, 0.4) is 0 Å². The second-order valence-corrected chi connectivity index (χ2v) is 8.46. The molecule has 1 aromatic rings. The van der Waals surface area contributed by atoms with Crippen LogP contribution in [0.2, 0.25) is 0 Å². The van der Waals surface area contributed by atoms with Gasteiger partial charge in [0.25, 0.3) is 0 Å². The third-order valence-electron chi connectivity index (χ3n) is 2.18. The normalized spacial score (nSPS) is 14.9. The Labute approximate surface area is 107 Å². The molecule has 2 N–H and O–H groups in total. The second kappa shape index (κ2) is 5.04. The number of rotatable bonds is 4. The van der Waals surface area contributed by atoms with Crippen LogP contribution in [-0.4, -0.2) is 25.2 Å². The standard InChI is InChI=1S/C11H20N2O2S2/c1-8(12)6-17(14,15)7-10-13-9(5-16-10)11(2,3)4/h5,8H,6-7,12H2,1-4H3. The summed E-state index contributed by atoms with van der Waals surface area (Å²) in [5, 5.41) is 2.58. The quantitative estimate of drug-likeness (QED) is 0.908. The van der Waals surface area contributed by atoms with E-state index >= 15 is 0 Å². The van der Waals surface area contributed by atoms with Crippen molar-refractivity contribution in [3.8, 4) is 0 Å². The molecular formula is C11H20N2O2S2. The molecule has 0 aliphatic heterocycles. The van der Waals surface area contributed by atoms with Crippen molar-refractivity contribution in [3.05, 3.63) is 16.1 Å². The predicted octanol–water partition coefficient (Wildman–Crippen LogP) is 1.70. The molecule has 0 aromatic carbocycles. The van der Waals surface area contributed by atoms with Gasteiger partial charge in [0.05, 0.1) is 11.4 Å². The van der Waals surface area contributed by atoms with Gasteiger partial charge in [0.2, 0.25) is 0 Å². The summed E-state index contributed by atoms with van der Waals surface area (Å²) in [5.74, 6) is 0.00666. The Morgan fingerprint density at radius 2 is 2.06 bits per heavy atom. The van der Waals surface area contributed by atoms with Crippen LogP contribution in [0.1, 0.15) is 38.4 Å². The minimum Gasteiger partial charge on any atom is -0.327 e. The average Bonchev–Trinajstić information content (AvgIpc) is 2.47. The summed E-state index contributed by atoms with van der Waals surface area (Å²) in [6, 6.07) is -0.331. The molecule has 1 heterocycles. The highest BCUT2D eigenvalue weighted by atomic mass is 32.2. The molecule has 0 aliphatic rings. The van der Waals surface area contributed by atoms with Crippen LogP contribution in [0.4, 0.5) is 0 Å². The van der Waals surface area contributed by atoms with E-state index in [2.05, 4.69) is 25.8 Å². The van der Waals surface area contributed by atoms with Crippen molar-refractivity contribution >= 4 is 21.2 Å². The van der Waals surface area contributed by atoms with Crippen LogP contribution >= 0.6 is 11.3 Å². The van der Waals surface area contributed by atoms with Crippen molar-refractivity contribution < 1.29 is 8.42 Å². The summed E-state index contributed by atoms with van der Waals surface area (Å²) in [5.41, 5.74) is 6.41. The number of nitrogens with two attached hydrogens (primary N) is 1. The van der Waals surface area contributed by atoms with Gasteiger partial charge >= 0.3 is 0 Å². The zero-order chi connectivity index (χ0) is 13.3. The van der Waals surface area contributed by atoms with Gasteiger partial charge in [0, 0.05) is 16.8 Å². The molecule has 0 saturated carbocycles. The lowest BCUT2D eigenvalue weighted by atomic mass is 9.93. The number of hydrogen-bond donors (Lipinski definition) is 1. The Kier molecular flexibility index (Phi) is 4.33. The minimum atomic E-state index is -3.14. The first kappa shape index (κ1) is 14.6. The molecule has 98 valence electrons. The number of sulfone groups is 1. The molecule has 1 rings (SSSR count). The maximum atomic E-state index is 11.8. The first-order valence-electron chi connectivity index (χ1n) is 5.51. The molecule has 1 atom stereocenters. The van der Waals surface area contributed by atoms with Crippen molar-refractivity contribution in [1.82, 2.24) is 4.98 Å². The summed E-state index contributed by atoms with van der Waals surface area (Å²) in [6.45, 7) is 7.87. The van der Waals surface area contributed by atoms with Crippen LogP contribution in [0.25, 0.3) is 0 Å². The van der Waals surface area contributed by atoms with Gasteiger partial charge in [-0.3, -0.25) is 0 Å². The van der Waals surface area contributed by atoms with Crippen LogP contribution in [0.15, 0.2) is 5.38 Å². The molecule has 1 aromatic heterocycles. The maximum Gasteiger partial charge on any atom is 0.158 e. The van der Waals surface area contributed by atoms with Crippen LogP contribution < -0.4 is 5.73 Å². The molecule has 1 unspecified atom stereocenters. The smallest absolute Gasteiger partial charge is 0.158 e. The summed E-state index contributed by atoms with van der Waals surface area (Å²) < 4.78 is 23.5. The number of aromatic nitrogens is 1. The third-order valence-corrected chi connectivity index (χ3v) is 4.96. The lowest BCUT2D eigenvalue weighted by Crippen LogP contribution is -2.27. The van der Waals surface area contributed by atoms with E-state index in [0.29, 0.717) is 5.01 Å². The molecule has 4 nitrogen and oxygen atoms in total. The fraction of sp³-hybridized carbons (Fsp3) is 0.727. The van der Waals surface area contributed by atoms with Crippen molar-refractivity contribution in [2.45, 2.75) is 44.9 Å². The highest BCUT2D eigenvalue weighted by Crippen LogP contribution is 2.24. The fourth-order valence-corrected chi connectivity index (χ4v) is 4.34. The lowest BCUT2D eigenvalue weighted by Gasteiger charge is -2.14. The van der Waals surface area contributed by atoms with E-state index in [9.17, 15) is 8.42 Å². The SMILES string of the molecule is CC(N)CS(=O)(=O)Cc1nc(C(C)(C)C)cs1. The molecule has 0 saturated heterocycles. The Balaban J connectivity index is 2.80. The van der Waals surface area contributed by atoms with Gasteiger partial charge < -0.3 is 5.73 Å². The summed E-state index contributed by atoms with van der Waals surface area (Å²) in [4.78, 5) is 4.37. The van der Waals surface area contributed by atoms with Gasteiger partial charge in [0.1, 0.15) is 10.8 Å². The monoisotopic (exact) mass is 276 g/mol. The fourth-order valence-electron chi connectivity index (χ4n) is 1.37. The summed E-state index contributed by atoms with van der Waals surface area (Å²) >= 11 is 1.40. The highest BCUT2D eigenvalue weighted by Gasteiger charge is 2.21. The molecule has 0 spiro atoms. The van der Waals surface area contributed by atoms with Gasteiger partial charge in [-0.25, -0.2) is 13.4 Å². The minimum absolute atomic E-state index is 0.00468. The Hall–Kier alpha value is -0.460. The van der Waals surface area contributed by atoms with E-state index in [0.717, 1.165) is 5.69 Å². The highest BCUT2D eigenvalue weighted by molar-refractivity contribution is 7.90. The zero-order valence-electron chi connectivity index (χ0n) is 10.7. The van der Waals surface area contributed by atoms with Crippen molar-refractivity contribution in [2.75, 3.05) is 5.75 Å². The maximum absolute atomic E-state index is 11.8. The van der Waals surface area contributed by atoms with Gasteiger partial charge in [-0.1, -0.05) is 20.8 Å². The largest absolute Gasteiger partial charge is 0.327 e. The lowest BCUT2D eigenvalue weighted by molar-refractivity contribution is 0.569. The number of thiazole rings is 1. The molecule has 0 fully saturated rings. The van der Waals surface area contributed by atoms with Crippen LogP contribution in [0.5, 0.6) is 0 Å². The molecule has 0 amide bonds.